The van der Waals surface area contributed by atoms with E-state index in [2.05, 4.69) is 11.6 Å². The quantitative estimate of drug-likeness (QED) is 0.545. The highest BCUT2D eigenvalue weighted by molar-refractivity contribution is 6.15. The monoisotopic (exact) mass is 193 g/mol. The van der Waals surface area contributed by atoms with Crippen molar-refractivity contribution in [3.8, 4) is 0 Å². The van der Waals surface area contributed by atoms with Crippen LogP contribution in [0.25, 0.3) is 0 Å². The van der Waals surface area contributed by atoms with Gasteiger partial charge in [0.25, 0.3) is 0 Å². The Kier molecular flexibility index (Phi) is 9.99. The topological polar surface area (TPSA) is 40.5 Å². The highest BCUT2D eigenvalue weighted by Crippen LogP contribution is 1.91. The molecule has 0 spiro atoms. The third-order valence-corrected chi connectivity index (χ3v) is 1.10. The van der Waals surface area contributed by atoms with Crippen LogP contribution < -0.4 is 0 Å². The molecule has 0 aliphatic rings. The number of carboxylic acids is 1. The van der Waals surface area contributed by atoms with Gasteiger partial charge in [-0.2, -0.15) is 0 Å². The Hall–Kier alpha value is -0.540. The van der Waals surface area contributed by atoms with E-state index in [0.717, 1.165) is 0 Å². The third kappa shape index (κ3) is 9.46. The van der Waals surface area contributed by atoms with E-state index in [-0.39, 0.29) is 0 Å². The standard InChI is InChI=1S/C7H13NO2.CH3Cl/c1-6(7(9)10)4-5-8(2)3;1-2/h4H,5H2,1-3H3,(H,9,10);1H3. The van der Waals surface area contributed by atoms with Crippen molar-refractivity contribution in [3.63, 3.8) is 0 Å². The number of nitrogens with zero attached hydrogens (tertiary/aromatic N) is 1. The van der Waals surface area contributed by atoms with Gasteiger partial charge in [-0.3, -0.25) is 0 Å². The summed E-state index contributed by atoms with van der Waals surface area (Å²) in [5, 5.41) is 8.41. The second-order valence-electron chi connectivity index (χ2n) is 2.45. The van der Waals surface area contributed by atoms with Crippen molar-refractivity contribution in [2.45, 2.75) is 6.92 Å². The largest absolute Gasteiger partial charge is 0.478 e. The first-order valence-corrected chi connectivity index (χ1v) is 4.22. The van der Waals surface area contributed by atoms with Crippen molar-refractivity contribution in [1.29, 1.82) is 0 Å². The fourth-order valence-electron chi connectivity index (χ4n) is 0.407. The fraction of sp³-hybridized carbons (Fsp3) is 0.625. The lowest BCUT2D eigenvalue weighted by molar-refractivity contribution is -0.132. The molecule has 0 rings (SSSR count). The van der Waals surface area contributed by atoms with Gasteiger partial charge in [0.15, 0.2) is 0 Å². The van der Waals surface area contributed by atoms with Crippen LogP contribution in [-0.2, 0) is 4.79 Å². The molecule has 1 N–H and O–H groups in total. The Balaban J connectivity index is 0. The summed E-state index contributed by atoms with van der Waals surface area (Å²) in [6.07, 6.45) is 3.16. The van der Waals surface area contributed by atoms with Gasteiger partial charge < -0.3 is 10.0 Å². The maximum atomic E-state index is 10.2. The lowest BCUT2D eigenvalue weighted by Gasteiger charge is -2.04. The van der Waals surface area contributed by atoms with Gasteiger partial charge in [0.05, 0.1) is 0 Å². The van der Waals surface area contributed by atoms with Gasteiger partial charge >= 0.3 is 5.97 Å². The molecule has 0 aromatic heterocycles. The molecule has 0 radical (unpaired) electrons. The molecule has 72 valence electrons. The fourth-order valence-corrected chi connectivity index (χ4v) is 0.407. The molecule has 0 amide bonds. The predicted octanol–water partition coefficient (Wildman–Crippen LogP) is 1.43. The first-order chi connectivity index (χ1) is 5.54. The number of carbonyl (C=O) groups is 1. The van der Waals surface area contributed by atoms with E-state index in [1.54, 1.807) is 13.0 Å². The maximum Gasteiger partial charge on any atom is 0.330 e. The molecule has 0 unspecified atom stereocenters. The van der Waals surface area contributed by atoms with Crippen LogP contribution in [0.4, 0.5) is 0 Å². The Morgan fingerprint density at radius 2 is 1.92 bits per heavy atom. The molecule has 3 nitrogen and oxygen atoms in total. The molecular formula is C8H16ClNO2. The summed E-state index contributed by atoms with van der Waals surface area (Å²) >= 11 is 4.64. The second-order valence-corrected chi connectivity index (χ2v) is 2.45. The molecule has 0 atom stereocenters. The van der Waals surface area contributed by atoms with Crippen molar-refractivity contribution in [2.24, 2.45) is 0 Å². The smallest absolute Gasteiger partial charge is 0.330 e. The van der Waals surface area contributed by atoms with Crippen LogP contribution in [0.15, 0.2) is 11.6 Å². The second kappa shape index (κ2) is 8.56. The lowest BCUT2D eigenvalue weighted by Crippen LogP contribution is -2.12. The van der Waals surface area contributed by atoms with E-state index in [1.165, 1.54) is 6.38 Å². The average molecular weight is 194 g/mol. The summed E-state index contributed by atoms with van der Waals surface area (Å²) in [6, 6.07) is 0. The number of carboxylic acid groups (broad SMARTS) is 1. The summed E-state index contributed by atoms with van der Waals surface area (Å²) in [5.74, 6) is -0.846. The number of likely N-dealkylation sites (N-methyl/N-ethyl adjacent to an activating group) is 1. The zero-order valence-corrected chi connectivity index (χ0v) is 8.72. The molecule has 0 saturated heterocycles. The molecule has 4 heteroatoms. The van der Waals surface area contributed by atoms with E-state index < -0.39 is 5.97 Å². The average Bonchev–Trinajstić information content (AvgIpc) is 2.03. The number of halogens is 1. The third-order valence-electron chi connectivity index (χ3n) is 1.10. The highest BCUT2D eigenvalue weighted by atomic mass is 35.5. The Morgan fingerprint density at radius 1 is 1.50 bits per heavy atom. The summed E-state index contributed by atoms with van der Waals surface area (Å²) in [5.41, 5.74) is 0.397. The number of aliphatic carboxylic acids is 1. The van der Waals surface area contributed by atoms with Crippen molar-refractivity contribution in [3.05, 3.63) is 11.6 Å². The van der Waals surface area contributed by atoms with E-state index in [0.29, 0.717) is 12.1 Å². The summed E-state index contributed by atoms with van der Waals surface area (Å²) in [4.78, 5) is 12.1. The van der Waals surface area contributed by atoms with Gasteiger partial charge in [-0.1, -0.05) is 6.08 Å². The van der Waals surface area contributed by atoms with Crippen LogP contribution in [0.3, 0.4) is 0 Å². The van der Waals surface area contributed by atoms with E-state index in [9.17, 15) is 4.79 Å². The zero-order valence-electron chi connectivity index (χ0n) is 7.97. The summed E-state index contributed by atoms with van der Waals surface area (Å²) < 4.78 is 0. The van der Waals surface area contributed by atoms with Crippen molar-refractivity contribution < 1.29 is 9.90 Å². The minimum atomic E-state index is -0.846. The number of hydrogen-bond donors (Lipinski definition) is 1. The van der Waals surface area contributed by atoms with Gasteiger partial charge in [-0.25, -0.2) is 4.79 Å². The Morgan fingerprint density at radius 3 is 2.17 bits per heavy atom. The molecule has 0 fully saturated rings. The van der Waals surface area contributed by atoms with E-state index >= 15 is 0 Å². The van der Waals surface area contributed by atoms with Gasteiger partial charge in [0.2, 0.25) is 0 Å². The summed E-state index contributed by atoms with van der Waals surface area (Å²) in [7, 11) is 3.79. The SMILES string of the molecule is CC(=CCN(C)C)C(=O)O.CCl. The van der Waals surface area contributed by atoms with Crippen molar-refractivity contribution in [1.82, 2.24) is 4.90 Å². The predicted molar refractivity (Wildman–Crippen MR) is 51.7 cm³/mol. The Bertz CT molecular complexity index is 155. The molecule has 0 aliphatic carbocycles. The zero-order chi connectivity index (χ0) is 10.1. The minimum absolute atomic E-state index is 0.397. The van der Waals surface area contributed by atoms with Crippen LogP contribution in [-0.4, -0.2) is 43.0 Å². The lowest BCUT2D eigenvalue weighted by atomic mass is 10.3. The van der Waals surface area contributed by atoms with Gasteiger partial charge in [0, 0.05) is 18.5 Å². The first-order valence-electron chi connectivity index (χ1n) is 3.46. The normalized spacial score (nSPS) is 10.7. The van der Waals surface area contributed by atoms with E-state index in [4.69, 9.17) is 5.11 Å². The molecule has 0 bridgehead atoms. The van der Waals surface area contributed by atoms with Crippen LogP contribution in [0.1, 0.15) is 6.92 Å². The summed E-state index contributed by atoms with van der Waals surface area (Å²) in [6.45, 7) is 2.27. The number of alkyl halides is 1. The minimum Gasteiger partial charge on any atom is -0.478 e. The maximum absolute atomic E-state index is 10.2. The molecule has 0 aromatic carbocycles. The molecular weight excluding hydrogens is 178 g/mol. The molecule has 0 saturated carbocycles. The molecule has 12 heavy (non-hydrogen) atoms. The first kappa shape index (κ1) is 14.0. The molecule has 0 heterocycles. The highest BCUT2D eigenvalue weighted by Gasteiger charge is 1.97. The van der Waals surface area contributed by atoms with Gasteiger partial charge in [0.1, 0.15) is 0 Å². The molecule has 0 aliphatic heterocycles. The number of rotatable bonds is 3. The molecule has 0 aromatic rings. The van der Waals surface area contributed by atoms with Crippen LogP contribution in [0.5, 0.6) is 0 Å². The van der Waals surface area contributed by atoms with Crippen molar-refractivity contribution in [2.75, 3.05) is 27.0 Å². The van der Waals surface area contributed by atoms with Crippen LogP contribution in [0, 0.1) is 0 Å². The van der Waals surface area contributed by atoms with Crippen LogP contribution >= 0.6 is 11.6 Å². The van der Waals surface area contributed by atoms with Gasteiger partial charge in [-0.05, 0) is 21.0 Å². The van der Waals surface area contributed by atoms with Crippen molar-refractivity contribution >= 4 is 17.6 Å². The van der Waals surface area contributed by atoms with Crippen LogP contribution in [0.2, 0.25) is 0 Å². The van der Waals surface area contributed by atoms with Gasteiger partial charge in [-0.15, -0.1) is 11.6 Å². The Labute approximate surface area is 78.6 Å². The number of hydrogen-bond acceptors (Lipinski definition) is 2. The van der Waals surface area contributed by atoms with E-state index in [1.807, 2.05) is 19.0 Å².